The molecule has 0 N–H and O–H groups in total. The fraction of sp³-hybridized carbons (Fsp3) is 0.100. The maximum Gasteiger partial charge on any atom is 0.233 e. The summed E-state index contributed by atoms with van der Waals surface area (Å²) in [5.41, 5.74) is 3.03. The Morgan fingerprint density at radius 2 is 1.89 bits per heavy atom. The summed E-state index contributed by atoms with van der Waals surface area (Å²) in [7, 11) is 0. The third kappa shape index (κ3) is 3.27. The number of halogens is 1. The minimum Gasteiger partial charge on any atom is -0.438 e. The lowest BCUT2D eigenvalue weighted by atomic mass is 10.1. The van der Waals surface area contributed by atoms with Gasteiger partial charge in [0.25, 0.3) is 0 Å². The molecular weight excluding hydrogens is 364 g/mol. The minimum atomic E-state index is 0.00371. The second kappa shape index (κ2) is 6.81. The normalized spacial score (nSPS) is 10.9. The van der Waals surface area contributed by atoms with E-state index in [0.717, 1.165) is 11.3 Å². The summed E-state index contributed by atoms with van der Waals surface area (Å²) in [4.78, 5) is 19.9. The Labute approximate surface area is 160 Å². The van der Waals surface area contributed by atoms with E-state index in [-0.39, 0.29) is 5.78 Å². The van der Waals surface area contributed by atoms with Crippen LogP contribution in [-0.4, -0.2) is 25.5 Å². The summed E-state index contributed by atoms with van der Waals surface area (Å²) < 4.78 is 7.57. The number of carbonyl (C=O) groups is 1. The fourth-order valence-electron chi connectivity index (χ4n) is 2.68. The number of carbonyl (C=O) groups excluding carboxylic acids is 1. The first-order valence-electron chi connectivity index (χ1n) is 8.27. The second-order valence-corrected chi connectivity index (χ2v) is 6.50. The summed E-state index contributed by atoms with van der Waals surface area (Å²) in [6.45, 7) is 3.47. The van der Waals surface area contributed by atoms with Gasteiger partial charge in [-0.15, -0.1) is 0 Å². The number of hydrogen-bond donors (Lipinski definition) is 0. The first kappa shape index (κ1) is 17.2. The van der Waals surface area contributed by atoms with Crippen LogP contribution in [0.1, 0.15) is 22.8 Å². The van der Waals surface area contributed by atoms with E-state index in [9.17, 15) is 4.79 Å². The summed E-state index contributed by atoms with van der Waals surface area (Å²) in [5.74, 6) is 0.968. The topological polar surface area (TPSA) is 69.9 Å². The molecule has 0 aliphatic rings. The lowest BCUT2D eigenvalue weighted by Gasteiger charge is -2.07. The molecule has 7 heteroatoms. The van der Waals surface area contributed by atoms with Gasteiger partial charge in [0.05, 0.1) is 11.9 Å². The molecule has 6 nitrogen and oxygen atoms in total. The number of rotatable bonds is 4. The monoisotopic (exact) mass is 378 g/mol. The van der Waals surface area contributed by atoms with Crippen LogP contribution < -0.4 is 4.74 Å². The van der Waals surface area contributed by atoms with Gasteiger partial charge in [-0.3, -0.25) is 4.79 Å². The SMILES string of the molecule is CC(=O)c1ccc(Oc2ncnc3c2cnn3-c2ccc(C)c(Cl)c2)cc1. The Morgan fingerprint density at radius 1 is 1.11 bits per heavy atom. The van der Waals surface area contributed by atoms with Crippen molar-refractivity contribution in [2.75, 3.05) is 0 Å². The van der Waals surface area contributed by atoms with Crippen molar-refractivity contribution in [1.82, 2.24) is 19.7 Å². The lowest BCUT2D eigenvalue weighted by molar-refractivity contribution is 0.101. The van der Waals surface area contributed by atoms with E-state index in [2.05, 4.69) is 15.1 Å². The molecule has 0 bridgehead atoms. The zero-order chi connectivity index (χ0) is 19.0. The van der Waals surface area contributed by atoms with Gasteiger partial charge in [0, 0.05) is 10.6 Å². The van der Waals surface area contributed by atoms with Gasteiger partial charge in [0.15, 0.2) is 11.4 Å². The number of aromatic nitrogens is 4. The molecule has 0 aliphatic heterocycles. The molecule has 0 spiro atoms. The fourth-order valence-corrected chi connectivity index (χ4v) is 2.85. The van der Waals surface area contributed by atoms with Crippen LogP contribution in [0.4, 0.5) is 0 Å². The van der Waals surface area contributed by atoms with Crippen molar-refractivity contribution >= 4 is 28.4 Å². The molecule has 4 aromatic rings. The molecule has 134 valence electrons. The largest absolute Gasteiger partial charge is 0.438 e. The highest BCUT2D eigenvalue weighted by molar-refractivity contribution is 6.31. The Balaban J connectivity index is 1.72. The van der Waals surface area contributed by atoms with Crippen molar-refractivity contribution in [3.8, 4) is 17.3 Å². The number of Topliss-reactive ketones (excluding diaryl/α,β-unsaturated/α-hetero) is 1. The lowest BCUT2D eigenvalue weighted by Crippen LogP contribution is -1.99. The molecule has 2 aromatic heterocycles. The summed E-state index contributed by atoms with van der Waals surface area (Å²) in [5, 5.41) is 5.74. The van der Waals surface area contributed by atoms with E-state index in [4.69, 9.17) is 16.3 Å². The first-order chi connectivity index (χ1) is 13.0. The third-order valence-electron chi connectivity index (χ3n) is 4.20. The number of nitrogens with zero attached hydrogens (tertiary/aromatic N) is 4. The van der Waals surface area contributed by atoms with Gasteiger partial charge in [-0.2, -0.15) is 5.10 Å². The number of fused-ring (bicyclic) bond motifs is 1. The molecule has 0 aliphatic carbocycles. The van der Waals surface area contributed by atoms with Crippen molar-refractivity contribution in [2.24, 2.45) is 0 Å². The predicted octanol–water partition coefficient (Wildman–Crippen LogP) is 4.77. The van der Waals surface area contributed by atoms with Crippen molar-refractivity contribution in [1.29, 1.82) is 0 Å². The van der Waals surface area contributed by atoms with Crippen LogP contribution in [0.2, 0.25) is 5.02 Å². The first-order valence-corrected chi connectivity index (χ1v) is 8.65. The van der Waals surface area contributed by atoms with Crippen LogP contribution in [0.25, 0.3) is 16.7 Å². The van der Waals surface area contributed by atoms with Gasteiger partial charge in [0.1, 0.15) is 17.5 Å². The van der Waals surface area contributed by atoms with E-state index in [1.165, 1.54) is 13.3 Å². The van der Waals surface area contributed by atoms with E-state index < -0.39 is 0 Å². The molecule has 0 radical (unpaired) electrons. The molecular formula is C20H15ClN4O2. The molecule has 0 saturated carbocycles. The Bertz CT molecular complexity index is 1150. The molecule has 2 aromatic carbocycles. The van der Waals surface area contributed by atoms with E-state index in [0.29, 0.717) is 33.2 Å². The summed E-state index contributed by atoms with van der Waals surface area (Å²) in [6, 6.07) is 12.6. The molecule has 0 fully saturated rings. The van der Waals surface area contributed by atoms with Crippen LogP contribution in [0, 0.1) is 6.92 Å². The van der Waals surface area contributed by atoms with E-state index >= 15 is 0 Å². The molecule has 0 saturated heterocycles. The average Bonchev–Trinajstić information content (AvgIpc) is 3.10. The summed E-state index contributed by atoms with van der Waals surface area (Å²) in [6.07, 6.45) is 3.08. The highest BCUT2D eigenvalue weighted by Crippen LogP contribution is 2.28. The van der Waals surface area contributed by atoms with Crippen LogP contribution in [0.5, 0.6) is 11.6 Å². The molecule has 2 heterocycles. The number of hydrogen-bond acceptors (Lipinski definition) is 5. The second-order valence-electron chi connectivity index (χ2n) is 6.09. The summed E-state index contributed by atoms with van der Waals surface area (Å²) >= 11 is 6.23. The van der Waals surface area contributed by atoms with Crippen LogP contribution in [-0.2, 0) is 0 Å². The molecule has 0 unspecified atom stereocenters. The van der Waals surface area contributed by atoms with Crippen molar-refractivity contribution < 1.29 is 9.53 Å². The maximum atomic E-state index is 11.4. The van der Waals surface area contributed by atoms with Crippen molar-refractivity contribution in [3.63, 3.8) is 0 Å². The maximum absolute atomic E-state index is 11.4. The molecule has 0 amide bonds. The van der Waals surface area contributed by atoms with Gasteiger partial charge in [0.2, 0.25) is 5.88 Å². The van der Waals surface area contributed by atoms with Crippen LogP contribution >= 0.6 is 11.6 Å². The average molecular weight is 379 g/mol. The zero-order valence-corrected chi connectivity index (χ0v) is 15.4. The Kier molecular flexibility index (Phi) is 4.33. The third-order valence-corrected chi connectivity index (χ3v) is 4.61. The van der Waals surface area contributed by atoms with Crippen LogP contribution in [0.15, 0.2) is 55.0 Å². The van der Waals surface area contributed by atoms with Gasteiger partial charge >= 0.3 is 0 Å². The van der Waals surface area contributed by atoms with Crippen LogP contribution in [0.3, 0.4) is 0 Å². The van der Waals surface area contributed by atoms with Crippen molar-refractivity contribution in [3.05, 3.63) is 71.1 Å². The Morgan fingerprint density at radius 3 is 2.59 bits per heavy atom. The number of ketones is 1. The quantitative estimate of drug-likeness (QED) is 0.478. The molecule has 0 atom stereocenters. The number of aryl methyl sites for hydroxylation is 1. The minimum absolute atomic E-state index is 0.00371. The van der Waals surface area contributed by atoms with Gasteiger partial charge < -0.3 is 4.74 Å². The standard InChI is InChI=1S/C20H15ClN4O2/c1-12-3-6-15(9-18(12)21)25-19-17(10-24-25)20(23-11-22-19)27-16-7-4-14(5-8-16)13(2)26/h3-11H,1-2H3. The number of benzene rings is 2. The Hall–Kier alpha value is -3.25. The molecule has 27 heavy (non-hydrogen) atoms. The molecule has 4 rings (SSSR count). The van der Waals surface area contributed by atoms with E-state index in [1.807, 2.05) is 25.1 Å². The van der Waals surface area contributed by atoms with Crippen molar-refractivity contribution in [2.45, 2.75) is 13.8 Å². The van der Waals surface area contributed by atoms with Gasteiger partial charge in [-0.25, -0.2) is 14.6 Å². The van der Waals surface area contributed by atoms with E-state index in [1.54, 1.807) is 35.1 Å². The zero-order valence-electron chi connectivity index (χ0n) is 14.7. The number of ether oxygens (including phenoxy) is 1. The highest BCUT2D eigenvalue weighted by Gasteiger charge is 2.13. The highest BCUT2D eigenvalue weighted by atomic mass is 35.5. The van der Waals surface area contributed by atoms with Gasteiger partial charge in [-0.1, -0.05) is 17.7 Å². The smallest absolute Gasteiger partial charge is 0.233 e. The predicted molar refractivity (Wildman–Crippen MR) is 103 cm³/mol. The van der Waals surface area contributed by atoms with Gasteiger partial charge in [-0.05, 0) is 55.8 Å².